The van der Waals surface area contributed by atoms with Crippen LogP contribution in [0.15, 0.2) is 42.5 Å². The summed E-state index contributed by atoms with van der Waals surface area (Å²) in [7, 11) is 3.28. The maximum Gasteiger partial charge on any atom is 0.232 e. The maximum atomic E-state index is 13.5. The molecule has 2 aromatic carbocycles. The van der Waals surface area contributed by atoms with Gasteiger partial charge in [0.05, 0.1) is 20.8 Å². The molecule has 0 unspecified atom stereocenters. The summed E-state index contributed by atoms with van der Waals surface area (Å²) in [5, 5.41) is 0.697. The van der Waals surface area contributed by atoms with Crippen LogP contribution in [0.2, 0.25) is 0 Å². The van der Waals surface area contributed by atoms with Crippen molar-refractivity contribution in [1.29, 1.82) is 0 Å². The molecule has 1 aliphatic carbocycles. The van der Waals surface area contributed by atoms with E-state index in [2.05, 4.69) is 12.1 Å². The molecular weight excluding hydrogens is 384 g/mol. The van der Waals surface area contributed by atoms with Gasteiger partial charge in [0, 0.05) is 5.92 Å². The molecule has 0 bridgehead atoms. The van der Waals surface area contributed by atoms with Gasteiger partial charge in [-0.05, 0) is 30.5 Å². The number of methoxy groups -OCH3 is 2. The van der Waals surface area contributed by atoms with Crippen LogP contribution in [-0.4, -0.2) is 25.1 Å². The van der Waals surface area contributed by atoms with Crippen LogP contribution in [0.5, 0.6) is 11.5 Å². The first-order valence-corrected chi connectivity index (χ1v) is 10.9. The van der Waals surface area contributed by atoms with E-state index in [1.807, 2.05) is 35.2 Å². The largest absolute Gasteiger partial charge is 0.495 e. The van der Waals surface area contributed by atoms with Crippen LogP contribution >= 0.6 is 11.3 Å². The number of hydrogen-bond acceptors (Lipinski definition) is 5. The van der Waals surface area contributed by atoms with Gasteiger partial charge in [0.1, 0.15) is 21.7 Å². The van der Waals surface area contributed by atoms with E-state index < -0.39 is 0 Å². The van der Waals surface area contributed by atoms with E-state index in [0.29, 0.717) is 17.4 Å². The van der Waals surface area contributed by atoms with Crippen molar-refractivity contribution in [2.24, 2.45) is 5.92 Å². The van der Waals surface area contributed by atoms with Gasteiger partial charge in [-0.25, -0.2) is 4.98 Å². The minimum absolute atomic E-state index is 0.0725. The van der Waals surface area contributed by atoms with Gasteiger partial charge >= 0.3 is 0 Å². The molecule has 6 heteroatoms. The highest BCUT2D eigenvalue weighted by Gasteiger charge is 2.29. The zero-order chi connectivity index (χ0) is 20.2. The number of fused-ring (bicyclic) bond motifs is 1. The first-order valence-electron chi connectivity index (χ1n) is 10.1. The predicted molar refractivity (Wildman–Crippen MR) is 117 cm³/mol. The van der Waals surface area contributed by atoms with E-state index in [1.165, 1.54) is 17.8 Å². The zero-order valence-corrected chi connectivity index (χ0v) is 17.7. The molecule has 0 radical (unpaired) electrons. The summed E-state index contributed by atoms with van der Waals surface area (Å²) in [6.45, 7) is 0.515. The van der Waals surface area contributed by atoms with Crippen molar-refractivity contribution in [3.05, 3.63) is 48.0 Å². The number of ether oxygens (including phenoxy) is 2. The Balaban J connectivity index is 1.76. The second kappa shape index (κ2) is 8.82. The third-order valence-electron chi connectivity index (χ3n) is 5.53. The Bertz CT molecular complexity index is 939. The number of carbonyl (C=O) groups is 1. The van der Waals surface area contributed by atoms with Crippen LogP contribution < -0.4 is 14.4 Å². The molecule has 1 heterocycles. The molecule has 1 amide bonds. The van der Waals surface area contributed by atoms with Gasteiger partial charge in [0.2, 0.25) is 5.91 Å². The lowest BCUT2D eigenvalue weighted by molar-refractivity contribution is -0.123. The Hall–Kier alpha value is -2.60. The molecule has 4 rings (SSSR count). The zero-order valence-electron chi connectivity index (χ0n) is 16.9. The van der Waals surface area contributed by atoms with Gasteiger partial charge in [0.25, 0.3) is 0 Å². The third-order valence-corrected chi connectivity index (χ3v) is 6.63. The molecule has 0 saturated heterocycles. The number of carbonyl (C=O) groups excluding carboxylic acids is 1. The summed E-state index contributed by atoms with van der Waals surface area (Å²) < 4.78 is 11.9. The first kappa shape index (κ1) is 19.7. The number of rotatable bonds is 6. The average molecular weight is 411 g/mol. The van der Waals surface area contributed by atoms with Crippen molar-refractivity contribution in [3.63, 3.8) is 0 Å². The lowest BCUT2D eigenvalue weighted by Gasteiger charge is -2.27. The number of anilines is 1. The van der Waals surface area contributed by atoms with Gasteiger partial charge in [-0.1, -0.05) is 60.9 Å². The summed E-state index contributed by atoms with van der Waals surface area (Å²) >= 11 is 1.49. The molecule has 1 aromatic heterocycles. The van der Waals surface area contributed by atoms with Crippen molar-refractivity contribution >= 4 is 32.6 Å². The van der Waals surface area contributed by atoms with Crippen LogP contribution in [0.25, 0.3) is 10.2 Å². The highest BCUT2D eigenvalue weighted by Crippen LogP contribution is 2.41. The number of thiazole rings is 1. The van der Waals surface area contributed by atoms with Crippen LogP contribution in [-0.2, 0) is 11.3 Å². The van der Waals surface area contributed by atoms with Crippen LogP contribution in [0.1, 0.15) is 37.7 Å². The molecule has 5 nitrogen and oxygen atoms in total. The van der Waals surface area contributed by atoms with Crippen molar-refractivity contribution in [2.45, 2.75) is 38.6 Å². The minimum atomic E-state index is 0.0725. The highest BCUT2D eigenvalue weighted by molar-refractivity contribution is 7.22. The molecule has 0 aliphatic heterocycles. The first-order chi connectivity index (χ1) is 14.2. The summed E-state index contributed by atoms with van der Waals surface area (Å²) in [4.78, 5) is 20.2. The molecular formula is C23H26N2O3S. The standard InChI is InChI=1S/C23H26N2O3S/c1-27-18-13-14-19(28-2)21-20(18)24-23(29-21)25(15-16-9-5-3-6-10-16)22(26)17-11-7-4-8-12-17/h3,5-6,9-10,13-14,17H,4,7-8,11-12,15H2,1-2H3. The summed E-state index contributed by atoms with van der Waals surface area (Å²) in [5.41, 5.74) is 1.83. The van der Waals surface area contributed by atoms with E-state index in [4.69, 9.17) is 14.5 Å². The maximum absolute atomic E-state index is 13.5. The third kappa shape index (κ3) is 4.08. The Morgan fingerprint density at radius 3 is 2.41 bits per heavy atom. The van der Waals surface area contributed by atoms with Crippen LogP contribution in [0.4, 0.5) is 5.13 Å². The summed E-state index contributed by atoms with van der Waals surface area (Å²) in [6, 6.07) is 13.8. The SMILES string of the molecule is COc1ccc(OC)c2sc(N(Cc3ccccc3)C(=O)C3CCCCC3)nc12. The molecule has 152 valence electrons. The Morgan fingerprint density at radius 1 is 1.03 bits per heavy atom. The van der Waals surface area contributed by atoms with Crippen molar-refractivity contribution in [2.75, 3.05) is 19.1 Å². The van der Waals surface area contributed by atoms with Crippen LogP contribution in [0, 0.1) is 5.92 Å². The fraction of sp³-hybridized carbons (Fsp3) is 0.391. The Morgan fingerprint density at radius 2 is 1.72 bits per heavy atom. The monoisotopic (exact) mass is 410 g/mol. The van der Waals surface area contributed by atoms with E-state index >= 15 is 0 Å². The van der Waals surface area contributed by atoms with Crippen LogP contribution in [0.3, 0.4) is 0 Å². The normalized spacial score (nSPS) is 14.7. The summed E-state index contributed by atoms with van der Waals surface area (Å²) in [6.07, 6.45) is 5.38. The fourth-order valence-electron chi connectivity index (χ4n) is 3.97. The molecule has 0 spiro atoms. The molecule has 1 aliphatic rings. The second-order valence-electron chi connectivity index (χ2n) is 7.39. The Kier molecular flexibility index (Phi) is 6.00. The molecule has 0 atom stereocenters. The molecule has 1 fully saturated rings. The molecule has 1 saturated carbocycles. The number of benzene rings is 2. The van der Waals surface area contributed by atoms with Gasteiger partial charge in [-0.15, -0.1) is 0 Å². The van der Waals surface area contributed by atoms with Gasteiger partial charge in [-0.3, -0.25) is 9.69 Å². The predicted octanol–water partition coefficient (Wildman–Crippen LogP) is 5.43. The number of aromatic nitrogens is 1. The van der Waals surface area contributed by atoms with Crippen molar-refractivity contribution in [1.82, 2.24) is 4.98 Å². The van der Waals surface area contributed by atoms with Gasteiger partial charge < -0.3 is 9.47 Å². The number of amides is 1. The topological polar surface area (TPSA) is 51.7 Å². The molecule has 0 N–H and O–H groups in total. The quantitative estimate of drug-likeness (QED) is 0.544. The van der Waals surface area contributed by atoms with E-state index in [0.717, 1.165) is 47.2 Å². The van der Waals surface area contributed by atoms with Crippen molar-refractivity contribution < 1.29 is 14.3 Å². The molecule has 3 aromatic rings. The number of hydrogen-bond donors (Lipinski definition) is 0. The van der Waals surface area contributed by atoms with Gasteiger partial charge in [-0.2, -0.15) is 0 Å². The fourth-order valence-corrected chi connectivity index (χ4v) is 5.04. The lowest BCUT2D eigenvalue weighted by atomic mass is 9.88. The lowest BCUT2D eigenvalue weighted by Crippen LogP contribution is -2.36. The van der Waals surface area contributed by atoms with Gasteiger partial charge in [0.15, 0.2) is 5.13 Å². The smallest absolute Gasteiger partial charge is 0.232 e. The highest BCUT2D eigenvalue weighted by atomic mass is 32.1. The van der Waals surface area contributed by atoms with E-state index in [9.17, 15) is 4.79 Å². The number of nitrogens with zero attached hydrogens (tertiary/aromatic N) is 2. The summed E-state index contributed by atoms with van der Waals surface area (Å²) in [5.74, 6) is 1.68. The van der Waals surface area contributed by atoms with Crippen molar-refractivity contribution in [3.8, 4) is 11.5 Å². The Labute approximate surface area is 175 Å². The average Bonchev–Trinajstić information content (AvgIpc) is 3.23. The second-order valence-corrected chi connectivity index (χ2v) is 8.37. The van der Waals surface area contributed by atoms with E-state index in [-0.39, 0.29) is 11.8 Å². The molecule has 29 heavy (non-hydrogen) atoms. The minimum Gasteiger partial charge on any atom is -0.495 e. The van der Waals surface area contributed by atoms with E-state index in [1.54, 1.807) is 14.2 Å².